The fourth-order valence-electron chi connectivity index (χ4n) is 4.42. The second kappa shape index (κ2) is 26.9. The van der Waals surface area contributed by atoms with Crippen LogP contribution in [0.15, 0.2) is 0 Å². The molecule has 0 amide bonds. The zero-order chi connectivity index (χ0) is 31.5. The summed E-state index contributed by atoms with van der Waals surface area (Å²) in [6.45, 7) is 4.77. The summed E-state index contributed by atoms with van der Waals surface area (Å²) < 4.78 is 22.4. The van der Waals surface area contributed by atoms with E-state index in [0.29, 0.717) is 17.4 Å². The zero-order valence-corrected chi connectivity index (χ0v) is 27.7. The van der Waals surface area contributed by atoms with E-state index in [2.05, 4.69) is 13.8 Å². The van der Waals surface area contributed by atoms with Gasteiger partial charge in [0.2, 0.25) is 0 Å². The van der Waals surface area contributed by atoms with Crippen molar-refractivity contribution in [1.29, 1.82) is 0 Å². The molecule has 0 aliphatic rings. The van der Waals surface area contributed by atoms with Crippen LogP contribution in [-0.2, 0) is 33.3 Å². The number of unbranched alkanes of at least 4 members (excludes halogenated alkanes) is 15. The highest BCUT2D eigenvalue weighted by Crippen LogP contribution is 2.13. The maximum absolute atomic E-state index is 12.5. The molecule has 0 rings (SSSR count). The van der Waals surface area contributed by atoms with Crippen LogP contribution >= 0.6 is 0 Å². The van der Waals surface area contributed by atoms with Gasteiger partial charge in [-0.2, -0.15) is 0 Å². The number of carboxylic acids is 1. The quantitative estimate of drug-likeness (QED) is 0.0404. The Morgan fingerprint density at radius 1 is 0.619 bits per heavy atom. The Hall–Kier alpha value is -1.71. The molecule has 0 fully saturated rings. The van der Waals surface area contributed by atoms with Gasteiger partial charge in [-0.3, -0.25) is 9.59 Å². The number of ether oxygens (including phenoxy) is 4. The molecule has 0 bridgehead atoms. The number of likely N-dealkylation sites (N-methyl/N-ethyl adjacent to an activating group) is 1. The Morgan fingerprint density at radius 2 is 1.07 bits per heavy atom. The lowest BCUT2D eigenvalue weighted by Crippen LogP contribution is -2.40. The SMILES string of the molecule is CCCCCCCCCCCCCC(=O)OC(COC(=O)CCCCCCCC)COC(OCC[N+](C)(C)C)C(=O)O. The number of aliphatic carboxylic acids is 1. The van der Waals surface area contributed by atoms with E-state index in [4.69, 9.17) is 18.9 Å². The maximum Gasteiger partial charge on any atom is 0.361 e. The summed E-state index contributed by atoms with van der Waals surface area (Å²) in [5.74, 6) is -2.02. The van der Waals surface area contributed by atoms with Gasteiger partial charge in [-0.15, -0.1) is 0 Å². The first-order chi connectivity index (χ1) is 20.1. The summed E-state index contributed by atoms with van der Waals surface area (Å²) in [4.78, 5) is 36.5. The fraction of sp³-hybridized carbons (Fsp3) is 0.909. The van der Waals surface area contributed by atoms with Crippen molar-refractivity contribution in [3.63, 3.8) is 0 Å². The minimum Gasteiger partial charge on any atom is -0.477 e. The van der Waals surface area contributed by atoms with E-state index in [0.717, 1.165) is 38.5 Å². The van der Waals surface area contributed by atoms with Crippen LogP contribution in [0.5, 0.6) is 0 Å². The van der Waals surface area contributed by atoms with E-state index in [1.54, 1.807) is 0 Å². The Morgan fingerprint density at radius 3 is 1.52 bits per heavy atom. The van der Waals surface area contributed by atoms with Crippen LogP contribution in [0.25, 0.3) is 0 Å². The van der Waals surface area contributed by atoms with Crippen molar-refractivity contribution >= 4 is 17.9 Å². The van der Waals surface area contributed by atoms with Gasteiger partial charge in [-0.1, -0.05) is 110 Å². The topological polar surface area (TPSA) is 108 Å². The van der Waals surface area contributed by atoms with Crippen LogP contribution in [0, 0.1) is 0 Å². The number of carbonyl (C=O) groups is 3. The summed E-state index contributed by atoms with van der Waals surface area (Å²) in [5, 5.41) is 9.51. The second-order valence-electron chi connectivity index (χ2n) is 12.5. The van der Waals surface area contributed by atoms with Crippen molar-refractivity contribution in [2.75, 3.05) is 47.5 Å². The minimum absolute atomic E-state index is 0.177. The first kappa shape index (κ1) is 40.3. The first-order valence-electron chi connectivity index (χ1n) is 16.7. The maximum atomic E-state index is 12.5. The molecule has 0 aliphatic heterocycles. The molecular formula is C33H64NO8+. The van der Waals surface area contributed by atoms with Crippen LogP contribution in [0.2, 0.25) is 0 Å². The van der Waals surface area contributed by atoms with E-state index in [9.17, 15) is 19.5 Å². The first-order valence-corrected chi connectivity index (χ1v) is 16.7. The number of carboxylic acid groups (broad SMARTS) is 1. The number of rotatable bonds is 30. The Kier molecular flexibility index (Phi) is 25.8. The zero-order valence-electron chi connectivity index (χ0n) is 27.7. The molecule has 0 saturated heterocycles. The molecule has 2 atom stereocenters. The predicted molar refractivity (Wildman–Crippen MR) is 166 cm³/mol. The largest absolute Gasteiger partial charge is 0.477 e. The molecule has 1 N–H and O–H groups in total. The summed E-state index contributed by atoms with van der Waals surface area (Å²) in [7, 11) is 5.93. The lowest BCUT2D eigenvalue weighted by molar-refractivity contribution is -0.870. The number of carbonyl (C=O) groups excluding carboxylic acids is 2. The second-order valence-corrected chi connectivity index (χ2v) is 12.5. The molecule has 2 unspecified atom stereocenters. The molecule has 0 aliphatic carbocycles. The van der Waals surface area contributed by atoms with Crippen LogP contribution in [0.3, 0.4) is 0 Å². The molecule has 0 aromatic heterocycles. The van der Waals surface area contributed by atoms with Gasteiger partial charge in [-0.25, -0.2) is 4.79 Å². The number of hydrogen-bond donors (Lipinski definition) is 1. The van der Waals surface area contributed by atoms with Gasteiger partial charge in [0.15, 0.2) is 6.10 Å². The lowest BCUT2D eigenvalue weighted by atomic mass is 10.1. The molecule has 9 nitrogen and oxygen atoms in total. The molecule has 0 aromatic rings. The average Bonchev–Trinajstić information content (AvgIpc) is 2.93. The van der Waals surface area contributed by atoms with E-state index in [-0.39, 0.29) is 32.2 Å². The van der Waals surface area contributed by atoms with E-state index >= 15 is 0 Å². The van der Waals surface area contributed by atoms with Gasteiger partial charge in [0.1, 0.15) is 13.2 Å². The monoisotopic (exact) mass is 602 g/mol. The van der Waals surface area contributed by atoms with Gasteiger partial charge >= 0.3 is 17.9 Å². The van der Waals surface area contributed by atoms with Crippen molar-refractivity contribution in [2.45, 2.75) is 148 Å². The third-order valence-corrected chi connectivity index (χ3v) is 7.11. The Labute approximate surface area is 256 Å². The molecular weight excluding hydrogens is 538 g/mol. The van der Waals surface area contributed by atoms with Crippen LogP contribution < -0.4 is 0 Å². The van der Waals surface area contributed by atoms with Crippen molar-refractivity contribution in [2.24, 2.45) is 0 Å². The van der Waals surface area contributed by atoms with E-state index in [1.165, 1.54) is 70.6 Å². The average molecular weight is 603 g/mol. The molecule has 42 heavy (non-hydrogen) atoms. The van der Waals surface area contributed by atoms with Gasteiger partial charge in [-0.05, 0) is 12.8 Å². The Balaban J connectivity index is 4.58. The van der Waals surface area contributed by atoms with Crippen LogP contribution in [0.1, 0.15) is 136 Å². The predicted octanol–water partition coefficient (Wildman–Crippen LogP) is 7.04. The number of hydrogen-bond acceptors (Lipinski definition) is 7. The molecule has 0 radical (unpaired) electrons. The number of esters is 2. The van der Waals surface area contributed by atoms with E-state index < -0.39 is 24.3 Å². The number of quaternary nitrogens is 1. The van der Waals surface area contributed by atoms with Crippen molar-refractivity contribution in [1.82, 2.24) is 0 Å². The fourth-order valence-corrected chi connectivity index (χ4v) is 4.42. The van der Waals surface area contributed by atoms with E-state index in [1.807, 2.05) is 21.1 Å². The molecule has 0 spiro atoms. The summed E-state index contributed by atoms with van der Waals surface area (Å²) in [6.07, 6.45) is 17.6. The summed E-state index contributed by atoms with van der Waals surface area (Å²) in [6, 6.07) is 0. The number of nitrogens with zero attached hydrogens (tertiary/aromatic N) is 1. The smallest absolute Gasteiger partial charge is 0.361 e. The van der Waals surface area contributed by atoms with Crippen molar-refractivity contribution in [3.8, 4) is 0 Å². The van der Waals surface area contributed by atoms with Crippen LogP contribution in [-0.4, -0.2) is 87.4 Å². The van der Waals surface area contributed by atoms with Gasteiger partial charge in [0.25, 0.3) is 6.29 Å². The van der Waals surface area contributed by atoms with Crippen molar-refractivity contribution < 1.29 is 42.9 Å². The molecule has 0 aromatic carbocycles. The van der Waals surface area contributed by atoms with Crippen molar-refractivity contribution in [3.05, 3.63) is 0 Å². The van der Waals surface area contributed by atoms with Gasteiger partial charge in [0.05, 0.1) is 34.4 Å². The lowest BCUT2D eigenvalue weighted by Gasteiger charge is -2.25. The van der Waals surface area contributed by atoms with Gasteiger partial charge < -0.3 is 28.5 Å². The highest BCUT2D eigenvalue weighted by Gasteiger charge is 2.25. The third-order valence-electron chi connectivity index (χ3n) is 7.11. The van der Waals surface area contributed by atoms with Crippen LogP contribution in [0.4, 0.5) is 0 Å². The van der Waals surface area contributed by atoms with Gasteiger partial charge in [0, 0.05) is 12.8 Å². The highest BCUT2D eigenvalue weighted by molar-refractivity contribution is 5.71. The third kappa shape index (κ3) is 27.1. The standard InChI is InChI=1S/C33H63NO8/c1-6-8-10-12-14-15-16-17-18-20-22-24-31(36)42-29(27-40-30(35)23-21-19-13-11-9-7-2)28-41-33(32(37)38)39-26-25-34(3,4)5/h29,33H,6-28H2,1-5H3/p+1. The molecule has 0 saturated carbocycles. The highest BCUT2D eigenvalue weighted by atomic mass is 16.7. The Bertz CT molecular complexity index is 679. The minimum atomic E-state index is -1.50. The summed E-state index contributed by atoms with van der Waals surface area (Å²) >= 11 is 0. The summed E-state index contributed by atoms with van der Waals surface area (Å²) in [5.41, 5.74) is 0. The molecule has 9 heteroatoms. The normalized spacial score (nSPS) is 13.1. The molecule has 248 valence electrons. The molecule has 0 heterocycles.